The molecule has 5 nitrogen and oxygen atoms in total. The van der Waals surface area contributed by atoms with Gasteiger partial charge in [0, 0.05) is 24.4 Å². The number of anilines is 1. The zero-order valence-electron chi connectivity index (χ0n) is 14.1. The van der Waals surface area contributed by atoms with E-state index >= 15 is 0 Å². The van der Waals surface area contributed by atoms with Gasteiger partial charge in [0.2, 0.25) is 5.91 Å². The van der Waals surface area contributed by atoms with Gasteiger partial charge in [0.25, 0.3) is 5.56 Å². The third-order valence-corrected chi connectivity index (χ3v) is 4.91. The highest BCUT2D eigenvalue weighted by Crippen LogP contribution is 2.28. The van der Waals surface area contributed by atoms with Crippen molar-refractivity contribution in [3.8, 4) is 0 Å². The maximum Gasteiger partial charge on any atom is 0.258 e. The molecule has 134 valence electrons. The van der Waals surface area contributed by atoms with Crippen LogP contribution in [0.25, 0.3) is 10.9 Å². The van der Waals surface area contributed by atoms with Crippen molar-refractivity contribution < 1.29 is 4.79 Å². The number of carbonyl (C=O) groups is 1. The van der Waals surface area contributed by atoms with Gasteiger partial charge in [-0.1, -0.05) is 39.7 Å². The molecule has 0 spiro atoms. The van der Waals surface area contributed by atoms with E-state index in [1.54, 1.807) is 36.2 Å². The smallest absolute Gasteiger partial charge is 0.258 e. The summed E-state index contributed by atoms with van der Waals surface area (Å²) in [5.41, 5.74) is 1.17. The van der Waals surface area contributed by atoms with Crippen LogP contribution in [-0.2, 0) is 11.2 Å². The number of H-pyrrole nitrogens is 1. The Morgan fingerprint density at radius 1 is 1.27 bits per heavy atom. The predicted octanol–water partition coefficient (Wildman–Crippen LogP) is 4.32. The Labute approximate surface area is 164 Å². The van der Waals surface area contributed by atoms with Gasteiger partial charge in [0.1, 0.15) is 5.82 Å². The molecule has 26 heavy (non-hydrogen) atoms. The zero-order chi connectivity index (χ0) is 18.7. The van der Waals surface area contributed by atoms with Crippen molar-refractivity contribution in [1.82, 2.24) is 9.97 Å². The average Bonchev–Trinajstić information content (AvgIpc) is 2.61. The summed E-state index contributed by atoms with van der Waals surface area (Å²) in [7, 11) is 1.70. The summed E-state index contributed by atoms with van der Waals surface area (Å²) in [6, 6.07) is 12.6. The van der Waals surface area contributed by atoms with Crippen molar-refractivity contribution in [2.24, 2.45) is 0 Å². The van der Waals surface area contributed by atoms with Crippen LogP contribution in [0.3, 0.4) is 0 Å². The number of nitrogens with zero attached hydrogens (tertiary/aromatic N) is 2. The maximum absolute atomic E-state index is 12.4. The number of aryl methyl sites for hydroxylation is 1. The first-order chi connectivity index (χ1) is 12.5. The molecule has 1 heterocycles. The lowest BCUT2D eigenvalue weighted by Crippen LogP contribution is -2.26. The highest BCUT2D eigenvalue weighted by Gasteiger charge is 2.14. The molecule has 0 fully saturated rings. The van der Waals surface area contributed by atoms with Crippen LogP contribution in [-0.4, -0.2) is 22.9 Å². The Morgan fingerprint density at radius 3 is 2.81 bits per heavy atom. The summed E-state index contributed by atoms with van der Waals surface area (Å²) in [6.07, 6.45) is 1.44. The van der Waals surface area contributed by atoms with Crippen LogP contribution in [0, 0.1) is 0 Å². The van der Waals surface area contributed by atoms with E-state index in [1.807, 2.05) is 18.2 Å². The molecule has 0 atom stereocenters. The van der Waals surface area contributed by atoms with E-state index in [-0.39, 0.29) is 11.5 Å². The number of hydrogen-bond donors (Lipinski definition) is 1. The van der Waals surface area contributed by atoms with Gasteiger partial charge in [-0.05, 0) is 36.8 Å². The highest BCUT2D eigenvalue weighted by molar-refractivity contribution is 9.10. The van der Waals surface area contributed by atoms with Gasteiger partial charge in [-0.25, -0.2) is 4.98 Å². The predicted molar refractivity (Wildman–Crippen MR) is 108 cm³/mol. The Hall–Kier alpha value is -2.18. The van der Waals surface area contributed by atoms with Gasteiger partial charge in [-0.2, -0.15) is 0 Å². The van der Waals surface area contributed by atoms with Crippen molar-refractivity contribution in [1.29, 1.82) is 0 Å². The first-order valence-electron chi connectivity index (χ1n) is 8.15. The number of nitrogens with one attached hydrogen (secondary N) is 1. The minimum absolute atomic E-state index is 0.0441. The fourth-order valence-corrected chi connectivity index (χ4v) is 3.52. The van der Waals surface area contributed by atoms with Gasteiger partial charge in [0.05, 0.1) is 21.6 Å². The molecule has 0 saturated carbocycles. The number of para-hydroxylation sites is 1. The number of amides is 1. The molecule has 1 amide bonds. The topological polar surface area (TPSA) is 66.1 Å². The van der Waals surface area contributed by atoms with Crippen LogP contribution < -0.4 is 10.5 Å². The van der Waals surface area contributed by atoms with Crippen molar-refractivity contribution in [3.05, 3.63) is 68.1 Å². The Kier molecular flexibility index (Phi) is 5.74. The van der Waals surface area contributed by atoms with E-state index in [0.717, 1.165) is 4.47 Å². The fraction of sp³-hybridized carbons (Fsp3) is 0.211. The van der Waals surface area contributed by atoms with E-state index < -0.39 is 0 Å². The molecule has 1 aromatic heterocycles. The van der Waals surface area contributed by atoms with E-state index in [2.05, 4.69) is 25.9 Å². The fourth-order valence-electron chi connectivity index (χ4n) is 2.72. The third-order valence-electron chi connectivity index (χ3n) is 4.11. The molecule has 0 aliphatic rings. The molecular formula is C19H17BrClN3O2. The Balaban J connectivity index is 1.64. The molecule has 7 heteroatoms. The van der Waals surface area contributed by atoms with Crippen molar-refractivity contribution in [2.75, 3.05) is 11.9 Å². The Morgan fingerprint density at radius 2 is 2.04 bits per heavy atom. The number of rotatable bonds is 5. The van der Waals surface area contributed by atoms with Crippen LogP contribution in [0.4, 0.5) is 5.69 Å². The normalized spacial score (nSPS) is 10.9. The molecular weight excluding hydrogens is 418 g/mol. The number of fused-ring (bicyclic) bond motifs is 1. The van der Waals surface area contributed by atoms with Crippen LogP contribution in [0.15, 0.2) is 51.7 Å². The lowest BCUT2D eigenvalue weighted by atomic mass is 10.2. The molecule has 0 aliphatic heterocycles. The second kappa shape index (κ2) is 8.01. The second-order valence-corrected chi connectivity index (χ2v) is 7.25. The lowest BCUT2D eigenvalue weighted by Gasteiger charge is -2.18. The summed E-state index contributed by atoms with van der Waals surface area (Å²) in [5.74, 6) is 0.545. The van der Waals surface area contributed by atoms with Gasteiger partial charge in [-0.15, -0.1) is 0 Å². The molecule has 0 unspecified atom stereocenters. The number of hydrogen-bond acceptors (Lipinski definition) is 3. The number of halogens is 2. The van der Waals surface area contributed by atoms with E-state index in [1.165, 1.54) is 0 Å². The van der Waals surface area contributed by atoms with Gasteiger partial charge >= 0.3 is 0 Å². The van der Waals surface area contributed by atoms with E-state index in [0.29, 0.717) is 46.7 Å². The van der Waals surface area contributed by atoms with Crippen molar-refractivity contribution >= 4 is 50.0 Å². The highest BCUT2D eigenvalue weighted by atomic mass is 79.9. The SMILES string of the molecule is CN(C(=O)CCCc1nc2ccccc2c(=O)[nH]1)c1ccc(Br)cc1Cl. The first-order valence-corrected chi connectivity index (χ1v) is 9.32. The minimum Gasteiger partial charge on any atom is -0.314 e. The molecule has 0 aliphatic carbocycles. The van der Waals surface area contributed by atoms with Gasteiger partial charge < -0.3 is 9.88 Å². The molecule has 0 radical (unpaired) electrons. The largest absolute Gasteiger partial charge is 0.314 e. The minimum atomic E-state index is -0.157. The molecule has 0 saturated heterocycles. The van der Waals surface area contributed by atoms with Gasteiger partial charge in [0.15, 0.2) is 0 Å². The number of benzene rings is 2. The lowest BCUT2D eigenvalue weighted by molar-refractivity contribution is -0.118. The molecule has 3 rings (SSSR count). The summed E-state index contributed by atoms with van der Waals surface area (Å²) in [4.78, 5) is 33.3. The molecule has 0 bridgehead atoms. The van der Waals surface area contributed by atoms with Crippen LogP contribution >= 0.6 is 27.5 Å². The average molecular weight is 435 g/mol. The molecule has 2 aromatic carbocycles. The van der Waals surface area contributed by atoms with E-state index in [4.69, 9.17) is 11.6 Å². The van der Waals surface area contributed by atoms with E-state index in [9.17, 15) is 9.59 Å². The standard InChI is InChI=1S/C19H17BrClN3O2/c1-24(16-10-9-12(20)11-14(16)21)18(25)8-4-7-17-22-15-6-3-2-5-13(15)19(26)23-17/h2-3,5-6,9-11H,4,7-8H2,1H3,(H,22,23,26). The van der Waals surface area contributed by atoms with Gasteiger partial charge in [-0.3, -0.25) is 9.59 Å². The molecule has 1 N–H and O–H groups in total. The summed E-state index contributed by atoms with van der Waals surface area (Å²) in [5, 5.41) is 1.08. The zero-order valence-corrected chi connectivity index (χ0v) is 16.5. The van der Waals surface area contributed by atoms with Crippen molar-refractivity contribution in [2.45, 2.75) is 19.3 Å². The monoisotopic (exact) mass is 433 g/mol. The molecule has 3 aromatic rings. The quantitative estimate of drug-likeness (QED) is 0.650. The third kappa shape index (κ3) is 4.14. The Bertz CT molecular complexity index is 1020. The first kappa shape index (κ1) is 18.6. The van der Waals surface area contributed by atoms with Crippen LogP contribution in [0.2, 0.25) is 5.02 Å². The summed E-state index contributed by atoms with van der Waals surface area (Å²) >= 11 is 9.55. The second-order valence-electron chi connectivity index (χ2n) is 5.93. The number of carbonyl (C=O) groups excluding carboxylic acids is 1. The number of aromatic amines is 1. The summed E-state index contributed by atoms with van der Waals surface area (Å²) in [6.45, 7) is 0. The van der Waals surface area contributed by atoms with Crippen LogP contribution in [0.1, 0.15) is 18.7 Å². The maximum atomic E-state index is 12.4. The number of aromatic nitrogens is 2. The summed E-state index contributed by atoms with van der Waals surface area (Å²) < 4.78 is 0.860. The van der Waals surface area contributed by atoms with Crippen molar-refractivity contribution in [3.63, 3.8) is 0 Å². The van der Waals surface area contributed by atoms with Crippen LogP contribution in [0.5, 0.6) is 0 Å².